The van der Waals surface area contributed by atoms with E-state index in [0.29, 0.717) is 6.54 Å². The van der Waals surface area contributed by atoms with Crippen LogP contribution in [0.2, 0.25) is 0 Å². The van der Waals surface area contributed by atoms with Gasteiger partial charge in [0.2, 0.25) is 11.8 Å². The highest BCUT2D eigenvalue weighted by atomic mass is 32.2. The van der Waals surface area contributed by atoms with Crippen LogP contribution in [-0.4, -0.2) is 39.6 Å². The average molecular weight is 201 g/mol. The molecular formula is C6H11N5OS. The highest BCUT2D eigenvalue weighted by Crippen LogP contribution is 1.93. The molecule has 0 saturated carbocycles. The van der Waals surface area contributed by atoms with Gasteiger partial charge in [-0.3, -0.25) is 9.89 Å². The number of thioether (sulfide) groups is 1. The second-order valence-electron chi connectivity index (χ2n) is 2.29. The van der Waals surface area contributed by atoms with E-state index >= 15 is 0 Å². The highest BCUT2D eigenvalue weighted by molar-refractivity contribution is 7.98. The van der Waals surface area contributed by atoms with E-state index in [2.05, 4.69) is 20.5 Å². The monoisotopic (exact) mass is 201 g/mol. The Morgan fingerprint density at radius 2 is 2.54 bits per heavy atom. The van der Waals surface area contributed by atoms with Crippen LogP contribution in [0.3, 0.4) is 0 Å². The van der Waals surface area contributed by atoms with Gasteiger partial charge >= 0.3 is 0 Å². The van der Waals surface area contributed by atoms with Gasteiger partial charge in [0.25, 0.3) is 5.91 Å². The van der Waals surface area contributed by atoms with Crippen molar-refractivity contribution in [3.63, 3.8) is 0 Å². The Kier molecular flexibility index (Phi) is 3.56. The standard InChI is InChI=1S/C6H11N5OS/c1-13-3-2-8-5(12)4-9-6(7)11-10-4/h2-3H2,1H3,(H,8,12)(H3,7,9,10,11). The van der Waals surface area contributed by atoms with E-state index in [1.54, 1.807) is 11.8 Å². The lowest BCUT2D eigenvalue weighted by molar-refractivity contribution is 0.0946. The molecule has 0 spiro atoms. The third kappa shape index (κ3) is 2.94. The molecule has 7 heteroatoms. The van der Waals surface area contributed by atoms with Gasteiger partial charge in [0.15, 0.2) is 0 Å². The third-order valence-corrected chi connectivity index (χ3v) is 1.92. The summed E-state index contributed by atoms with van der Waals surface area (Å²) < 4.78 is 0. The lowest BCUT2D eigenvalue weighted by Gasteiger charge is -1.99. The topological polar surface area (TPSA) is 96.7 Å². The lowest BCUT2D eigenvalue weighted by Crippen LogP contribution is -2.26. The van der Waals surface area contributed by atoms with Crippen LogP contribution < -0.4 is 11.1 Å². The van der Waals surface area contributed by atoms with Crippen LogP contribution in [0.5, 0.6) is 0 Å². The van der Waals surface area contributed by atoms with Crippen LogP contribution in [-0.2, 0) is 0 Å². The maximum atomic E-state index is 11.2. The Hall–Kier alpha value is -1.24. The fourth-order valence-corrected chi connectivity index (χ4v) is 1.03. The Morgan fingerprint density at radius 1 is 1.77 bits per heavy atom. The van der Waals surface area contributed by atoms with Crippen molar-refractivity contribution in [2.24, 2.45) is 0 Å². The van der Waals surface area contributed by atoms with E-state index < -0.39 is 0 Å². The lowest BCUT2D eigenvalue weighted by atomic mass is 10.5. The third-order valence-electron chi connectivity index (χ3n) is 1.31. The molecule has 1 rings (SSSR count). The van der Waals surface area contributed by atoms with Gasteiger partial charge in [0.05, 0.1) is 0 Å². The van der Waals surface area contributed by atoms with Gasteiger partial charge < -0.3 is 11.1 Å². The summed E-state index contributed by atoms with van der Waals surface area (Å²) in [6.45, 7) is 0.612. The molecule has 1 amide bonds. The van der Waals surface area contributed by atoms with Crippen molar-refractivity contribution >= 4 is 23.6 Å². The number of aromatic nitrogens is 3. The molecule has 0 bridgehead atoms. The molecule has 72 valence electrons. The van der Waals surface area contributed by atoms with Crippen LogP contribution in [0.15, 0.2) is 0 Å². The van der Waals surface area contributed by atoms with Crippen LogP contribution in [0, 0.1) is 0 Å². The van der Waals surface area contributed by atoms with Gasteiger partial charge in [0.1, 0.15) is 0 Å². The quantitative estimate of drug-likeness (QED) is 0.569. The number of nitrogens with two attached hydrogens (primary N) is 1. The predicted octanol–water partition coefficient (Wildman–Crippen LogP) is -0.520. The molecule has 0 atom stereocenters. The first-order valence-electron chi connectivity index (χ1n) is 3.69. The molecule has 0 saturated heterocycles. The van der Waals surface area contributed by atoms with Crippen molar-refractivity contribution in [3.05, 3.63) is 5.82 Å². The van der Waals surface area contributed by atoms with E-state index in [9.17, 15) is 4.79 Å². The minimum Gasteiger partial charge on any atom is -0.366 e. The summed E-state index contributed by atoms with van der Waals surface area (Å²) in [4.78, 5) is 14.9. The number of anilines is 1. The molecule has 0 aliphatic carbocycles. The number of nitrogens with one attached hydrogen (secondary N) is 2. The van der Waals surface area contributed by atoms with E-state index in [0.717, 1.165) is 5.75 Å². The highest BCUT2D eigenvalue weighted by Gasteiger charge is 2.08. The molecule has 6 nitrogen and oxygen atoms in total. The molecule has 0 radical (unpaired) electrons. The second-order valence-corrected chi connectivity index (χ2v) is 3.28. The second kappa shape index (κ2) is 4.70. The number of amides is 1. The average Bonchev–Trinajstić information content (AvgIpc) is 2.52. The van der Waals surface area contributed by atoms with E-state index in [1.165, 1.54) is 0 Å². The molecule has 0 fully saturated rings. The molecular weight excluding hydrogens is 190 g/mol. The van der Waals surface area contributed by atoms with Crippen molar-refractivity contribution in [2.45, 2.75) is 0 Å². The van der Waals surface area contributed by atoms with Gasteiger partial charge in [-0.2, -0.15) is 16.7 Å². The van der Waals surface area contributed by atoms with Gasteiger partial charge in [-0.1, -0.05) is 0 Å². The summed E-state index contributed by atoms with van der Waals surface area (Å²) in [5.41, 5.74) is 5.23. The van der Waals surface area contributed by atoms with Crippen LogP contribution >= 0.6 is 11.8 Å². The van der Waals surface area contributed by atoms with Crippen molar-refractivity contribution < 1.29 is 4.79 Å². The summed E-state index contributed by atoms with van der Waals surface area (Å²) >= 11 is 1.66. The Labute approximate surface area is 79.7 Å². The molecule has 0 unspecified atom stereocenters. The van der Waals surface area contributed by atoms with Crippen LogP contribution in [0.4, 0.5) is 5.95 Å². The largest absolute Gasteiger partial charge is 0.366 e. The first-order chi connectivity index (χ1) is 6.24. The summed E-state index contributed by atoms with van der Waals surface area (Å²) in [6, 6.07) is 0. The Morgan fingerprint density at radius 3 is 3.08 bits per heavy atom. The molecule has 0 aliphatic rings. The smallest absolute Gasteiger partial charge is 0.288 e. The summed E-state index contributed by atoms with van der Waals surface area (Å²) in [7, 11) is 0. The zero-order valence-electron chi connectivity index (χ0n) is 7.20. The van der Waals surface area contributed by atoms with Crippen molar-refractivity contribution in [3.8, 4) is 0 Å². The fourth-order valence-electron chi connectivity index (χ4n) is 0.727. The minimum atomic E-state index is -0.279. The summed E-state index contributed by atoms with van der Waals surface area (Å²) in [5, 5.41) is 8.63. The van der Waals surface area contributed by atoms with Crippen LogP contribution in [0.1, 0.15) is 10.6 Å². The van der Waals surface area contributed by atoms with Gasteiger partial charge in [-0.15, -0.1) is 5.10 Å². The fraction of sp³-hybridized carbons (Fsp3) is 0.500. The first-order valence-corrected chi connectivity index (χ1v) is 5.08. The number of aromatic amines is 1. The summed E-state index contributed by atoms with van der Waals surface area (Å²) in [5.74, 6) is 0.821. The first kappa shape index (κ1) is 9.85. The zero-order valence-corrected chi connectivity index (χ0v) is 8.02. The number of carbonyl (C=O) groups is 1. The maximum absolute atomic E-state index is 11.2. The molecule has 1 aromatic rings. The van der Waals surface area contributed by atoms with E-state index in [1.807, 2.05) is 6.26 Å². The maximum Gasteiger partial charge on any atom is 0.288 e. The van der Waals surface area contributed by atoms with Crippen molar-refractivity contribution in [1.82, 2.24) is 20.5 Å². The van der Waals surface area contributed by atoms with Gasteiger partial charge in [0, 0.05) is 12.3 Å². The van der Waals surface area contributed by atoms with Gasteiger partial charge in [-0.05, 0) is 6.26 Å². The molecule has 0 aliphatic heterocycles. The minimum absolute atomic E-state index is 0.0787. The van der Waals surface area contributed by atoms with E-state index in [-0.39, 0.29) is 17.7 Å². The Bertz CT molecular complexity index is 286. The SMILES string of the molecule is CSCCNC(=O)c1nc(N)n[nH]1. The summed E-state index contributed by atoms with van der Waals surface area (Å²) in [6.07, 6.45) is 1.97. The molecule has 4 N–H and O–H groups in total. The molecule has 1 aromatic heterocycles. The number of nitrogen functional groups attached to an aromatic ring is 1. The normalized spacial score (nSPS) is 9.92. The number of rotatable bonds is 4. The molecule has 1 heterocycles. The number of nitrogens with zero attached hydrogens (tertiary/aromatic N) is 2. The van der Waals surface area contributed by atoms with Crippen molar-refractivity contribution in [2.75, 3.05) is 24.3 Å². The van der Waals surface area contributed by atoms with Gasteiger partial charge in [-0.25, -0.2) is 0 Å². The number of carbonyl (C=O) groups excluding carboxylic acids is 1. The van der Waals surface area contributed by atoms with Crippen LogP contribution in [0.25, 0.3) is 0 Å². The Balaban J connectivity index is 2.40. The number of hydrogen-bond donors (Lipinski definition) is 3. The number of hydrogen-bond acceptors (Lipinski definition) is 5. The molecule has 13 heavy (non-hydrogen) atoms. The predicted molar refractivity (Wildman–Crippen MR) is 51.5 cm³/mol. The number of H-pyrrole nitrogens is 1. The zero-order chi connectivity index (χ0) is 9.68. The molecule has 0 aromatic carbocycles. The van der Waals surface area contributed by atoms with E-state index in [4.69, 9.17) is 5.73 Å². The van der Waals surface area contributed by atoms with Crippen molar-refractivity contribution in [1.29, 1.82) is 0 Å².